The Morgan fingerprint density at radius 1 is 0.976 bits per heavy atom. The van der Waals surface area contributed by atoms with Gasteiger partial charge < -0.3 is 4.90 Å². The molecule has 0 saturated carbocycles. The number of carbonyl (C=O) groups excluding carboxylic acids is 1. The molecule has 1 aliphatic heterocycles. The smallest absolute Gasteiger partial charge is 0.327 e. The van der Waals surface area contributed by atoms with Crippen molar-refractivity contribution in [3.05, 3.63) is 63.7 Å². The Labute approximate surface area is 231 Å². The highest BCUT2D eigenvalue weighted by molar-refractivity contribution is 6.66. The van der Waals surface area contributed by atoms with Crippen LogP contribution in [0.15, 0.2) is 30.3 Å². The zero-order valence-electron chi connectivity index (χ0n) is 21.2. The normalized spacial score (nSPS) is 16.4. The summed E-state index contributed by atoms with van der Waals surface area (Å²) < 4.78 is 123. The first-order valence-corrected chi connectivity index (χ1v) is 12.2. The van der Waals surface area contributed by atoms with Crippen molar-refractivity contribution < 1.29 is 44.3 Å². The second-order valence-corrected chi connectivity index (χ2v) is 9.73. The van der Waals surface area contributed by atoms with E-state index in [0.29, 0.717) is 12.1 Å². The third-order valence-corrected chi connectivity index (χ3v) is 6.74. The van der Waals surface area contributed by atoms with Gasteiger partial charge in [0.05, 0.1) is 35.5 Å². The van der Waals surface area contributed by atoms with Crippen molar-refractivity contribution in [3.63, 3.8) is 0 Å². The van der Waals surface area contributed by atoms with Crippen molar-refractivity contribution in [2.45, 2.75) is 50.9 Å². The summed E-state index contributed by atoms with van der Waals surface area (Å²) >= 11 is 5.70. The van der Waals surface area contributed by atoms with Gasteiger partial charge in [-0.2, -0.15) is 44.3 Å². The monoisotopic (exact) mass is 614 g/mol. The van der Waals surface area contributed by atoms with E-state index in [0.717, 1.165) is 21.8 Å². The molecule has 2 heterocycles. The molecule has 1 aromatic heterocycles. The summed E-state index contributed by atoms with van der Waals surface area (Å²) in [4.78, 5) is 15.4. The molecule has 0 fully saturated rings. The van der Waals surface area contributed by atoms with E-state index in [9.17, 15) is 44.3 Å². The standard InChI is InChI=1S/C24H20ClF9N6O/c1-12-6-16-18(4-3-5-39(20(25)41)19(16)10-17(12)24(32,33)34)40(21-35-37-38(2)36-21)11-13-7-14(22(26,27)28)9-15(8-13)23(29,30)31/h6-10,18H,3-5,11H2,1-2H3. The van der Waals surface area contributed by atoms with Gasteiger partial charge in [0, 0.05) is 13.1 Å². The van der Waals surface area contributed by atoms with Crippen LogP contribution in [0.1, 0.15) is 52.3 Å². The molecular weight excluding hydrogens is 595 g/mol. The first-order chi connectivity index (χ1) is 18.9. The van der Waals surface area contributed by atoms with E-state index >= 15 is 0 Å². The number of tetrazole rings is 1. The molecule has 0 bridgehead atoms. The Morgan fingerprint density at radius 3 is 2.07 bits per heavy atom. The minimum absolute atomic E-state index is 0.0126. The Morgan fingerprint density at radius 2 is 1.59 bits per heavy atom. The van der Waals surface area contributed by atoms with Crippen molar-refractivity contribution in [2.75, 3.05) is 16.3 Å². The summed E-state index contributed by atoms with van der Waals surface area (Å²) in [7, 11) is 1.37. The third-order valence-electron chi connectivity index (χ3n) is 6.53. The molecule has 0 radical (unpaired) electrons. The van der Waals surface area contributed by atoms with Gasteiger partial charge in [-0.05, 0) is 77.5 Å². The predicted octanol–water partition coefficient (Wildman–Crippen LogP) is 7.28. The average molecular weight is 615 g/mol. The van der Waals surface area contributed by atoms with Gasteiger partial charge in [-0.15, -0.1) is 5.10 Å². The molecule has 3 aromatic rings. The molecule has 1 amide bonds. The molecule has 41 heavy (non-hydrogen) atoms. The second kappa shape index (κ2) is 10.7. The van der Waals surface area contributed by atoms with Crippen LogP contribution < -0.4 is 9.80 Å². The molecule has 1 atom stereocenters. The zero-order valence-corrected chi connectivity index (χ0v) is 21.9. The average Bonchev–Trinajstić information content (AvgIpc) is 3.18. The second-order valence-electron chi connectivity index (χ2n) is 9.41. The molecule has 1 unspecified atom stereocenters. The van der Waals surface area contributed by atoms with Gasteiger partial charge in [0.15, 0.2) is 0 Å². The Balaban J connectivity index is 1.92. The molecule has 222 valence electrons. The van der Waals surface area contributed by atoms with Crippen LogP contribution >= 0.6 is 11.6 Å². The molecule has 0 saturated heterocycles. The van der Waals surface area contributed by atoms with Crippen LogP contribution in [0.25, 0.3) is 0 Å². The molecule has 2 aromatic carbocycles. The lowest BCUT2D eigenvalue weighted by atomic mass is 9.94. The predicted molar refractivity (Wildman–Crippen MR) is 128 cm³/mol. The summed E-state index contributed by atoms with van der Waals surface area (Å²) in [6.45, 7) is 0.471. The zero-order chi connectivity index (χ0) is 30.5. The minimum atomic E-state index is -5.10. The van der Waals surface area contributed by atoms with Gasteiger partial charge >= 0.3 is 23.9 Å². The van der Waals surface area contributed by atoms with Gasteiger partial charge in [0.25, 0.3) is 5.95 Å². The topological polar surface area (TPSA) is 67.2 Å². The summed E-state index contributed by atoms with van der Waals surface area (Å²) in [6.07, 6.45) is -14.7. The molecule has 17 heteroatoms. The Bertz CT molecular complexity index is 1420. The number of nitrogens with zero attached hydrogens (tertiary/aromatic N) is 6. The van der Waals surface area contributed by atoms with E-state index in [2.05, 4.69) is 15.4 Å². The minimum Gasteiger partial charge on any atom is -0.327 e. The van der Waals surface area contributed by atoms with Crippen LogP contribution in [0, 0.1) is 6.92 Å². The number of hydrogen-bond acceptors (Lipinski definition) is 5. The van der Waals surface area contributed by atoms with Gasteiger partial charge in [-0.25, -0.2) is 0 Å². The summed E-state index contributed by atoms with van der Waals surface area (Å²) in [5.41, 5.74) is -4.86. The fraction of sp³-hybridized carbons (Fsp3) is 0.417. The number of halogens is 10. The summed E-state index contributed by atoms with van der Waals surface area (Å²) in [5, 5.41) is 10.5. The van der Waals surface area contributed by atoms with Crippen LogP contribution in [0.2, 0.25) is 0 Å². The number of carbonyl (C=O) groups is 1. The number of rotatable bonds is 4. The highest BCUT2D eigenvalue weighted by Gasteiger charge is 2.40. The van der Waals surface area contributed by atoms with E-state index in [1.165, 1.54) is 18.9 Å². The fourth-order valence-corrected chi connectivity index (χ4v) is 4.94. The first kappa shape index (κ1) is 30.4. The van der Waals surface area contributed by atoms with Crippen LogP contribution in [0.3, 0.4) is 0 Å². The maximum Gasteiger partial charge on any atom is 0.416 e. The molecule has 1 aliphatic rings. The Hall–Kier alpha value is -3.56. The molecule has 0 N–H and O–H groups in total. The van der Waals surface area contributed by atoms with E-state index < -0.39 is 58.7 Å². The van der Waals surface area contributed by atoms with E-state index in [1.807, 2.05) is 0 Å². The number of anilines is 2. The highest BCUT2D eigenvalue weighted by Crippen LogP contribution is 2.44. The lowest BCUT2D eigenvalue weighted by Gasteiger charge is -2.32. The Kier molecular flexibility index (Phi) is 7.92. The number of benzene rings is 2. The highest BCUT2D eigenvalue weighted by atomic mass is 35.5. The summed E-state index contributed by atoms with van der Waals surface area (Å²) in [5.74, 6) is -0.211. The molecule has 0 aliphatic carbocycles. The maximum absolute atomic E-state index is 13.8. The van der Waals surface area contributed by atoms with Crippen LogP contribution in [0.5, 0.6) is 0 Å². The van der Waals surface area contributed by atoms with E-state index in [-0.39, 0.29) is 48.2 Å². The van der Waals surface area contributed by atoms with Crippen LogP contribution in [-0.2, 0) is 32.1 Å². The number of aryl methyl sites for hydroxylation is 2. The first-order valence-electron chi connectivity index (χ1n) is 11.8. The van der Waals surface area contributed by atoms with Crippen molar-refractivity contribution in [2.24, 2.45) is 7.05 Å². The number of alkyl halides is 9. The lowest BCUT2D eigenvalue weighted by Crippen LogP contribution is -2.31. The molecule has 4 rings (SSSR count). The largest absolute Gasteiger partial charge is 0.416 e. The van der Waals surface area contributed by atoms with Crippen molar-refractivity contribution in [1.82, 2.24) is 20.2 Å². The van der Waals surface area contributed by atoms with Crippen LogP contribution in [0.4, 0.5) is 55.9 Å². The van der Waals surface area contributed by atoms with Crippen molar-refractivity contribution >= 4 is 28.6 Å². The summed E-state index contributed by atoms with van der Waals surface area (Å²) in [6, 6.07) is 1.99. The number of fused-ring (bicyclic) bond motifs is 1. The van der Waals surface area contributed by atoms with Gasteiger partial charge in [0.1, 0.15) is 0 Å². The number of aromatic nitrogens is 4. The maximum atomic E-state index is 13.8. The third kappa shape index (κ3) is 6.52. The van der Waals surface area contributed by atoms with E-state index in [1.54, 1.807) is 0 Å². The number of hydrogen-bond donors (Lipinski definition) is 0. The molecular formula is C24H20ClF9N6O. The SMILES string of the molecule is Cc1cc2c(cc1C(F)(F)F)N(C(=O)Cl)CCCC2N(Cc1cc(C(F)(F)F)cc(C(F)(F)F)c1)c1nnn(C)n1. The van der Waals surface area contributed by atoms with Gasteiger partial charge in [-0.1, -0.05) is 11.2 Å². The van der Waals surface area contributed by atoms with Crippen molar-refractivity contribution in [1.29, 1.82) is 0 Å². The van der Waals surface area contributed by atoms with Gasteiger partial charge in [0.2, 0.25) is 0 Å². The lowest BCUT2D eigenvalue weighted by molar-refractivity contribution is -0.143. The quantitative estimate of drug-likeness (QED) is 0.176. The van der Waals surface area contributed by atoms with Crippen molar-refractivity contribution in [3.8, 4) is 0 Å². The van der Waals surface area contributed by atoms with Gasteiger partial charge in [-0.3, -0.25) is 9.69 Å². The van der Waals surface area contributed by atoms with Crippen LogP contribution in [-0.4, -0.2) is 32.1 Å². The molecule has 0 spiro atoms. The number of amides is 1. The molecule has 7 nitrogen and oxygen atoms in total. The fourth-order valence-electron chi connectivity index (χ4n) is 4.77. The van der Waals surface area contributed by atoms with E-state index in [4.69, 9.17) is 11.6 Å².